The number of hydrogen-bond donors (Lipinski definition) is 2. The Hall–Kier alpha value is -3.69. The monoisotopic (exact) mass is 541 g/mol. The van der Waals surface area contributed by atoms with Gasteiger partial charge in [0.05, 0.1) is 6.04 Å². The molecule has 2 N–H and O–H groups in total. The number of esters is 1. The van der Waals surface area contributed by atoms with E-state index < -0.39 is 48.3 Å². The lowest BCUT2D eigenvalue weighted by atomic mass is 9.73. The van der Waals surface area contributed by atoms with Gasteiger partial charge in [-0.2, -0.15) is 0 Å². The van der Waals surface area contributed by atoms with Crippen LogP contribution < -0.4 is 10.6 Å². The zero-order valence-corrected chi connectivity index (χ0v) is 22.6. The van der Waals surface area contributed by atoms with Crippen LogP contribution in [0.2, 0.25) is 0 Å². The molecule has 10 nitrogen and oxygen atoms in total. The first kappa shape index (κ1) is 29.9. The highest BCUT2D eigenvalue weighted by Crippen LogP contribution is 2.39. The van der Waals surface area contributed by atoms with Crippen LogP contribution in [-0.4, -0.2) is 66.3 Å². The zero-order chi connectivity index (χ0) is 28.2. The number of amides is 3. The first-order valence-corrected chi connectivity index (χ1v) is 13.7. The summed E-state index contributed by atoms with van der Waals surface area (Å²) in [6, 6.07) is 7.42. The minimum Gasteiger partial charge on any atom is -0.460 e. The molecule has 1 aliphatic carbocycles. The second-order valence-corrected chi connectivity index (χ2v) is 10.1. The van der Waals surface area contributed by atoms with Crippen molar-refractivity contribution in [3.05, 3.63) is 48.6 Å². The molecule has 0 bridgehead atoms. The van der Waals surface area contributed by atoms with Gasteiger partial charge < -0.3 is 20.1 Å². The van der Waals surface area contributed by atoms with Gasteiger partial charge in [-0.1, -0.05) is 75.6 Å². The maximum atomic E-state index is 13.5. The molecule has 4 unspecified atom stereocenters. The van der Waals surface area contributed by atoms with Gasteiger partial charge in [-0.15, -0.1) is 0 Å². The second-order valence-electron chi connectivity index (χ2n) is 10.1. The van der Waals surface area contributed by atoms with Crippen molar-refractivity contribution in [2.24, 2.45) is 11.8 Å². The van der Waals surface area contributed by atoms with Gasteiger partial charge in [-0.3, -0.25) is 24.1 Å². The van der Waals surface area contributed by atoms with Gasteiger partial charge in [-0.25, -0.2) is 4.79 Å². The molecule has 39 heavy (non-hydrogen) atoms. The Kier molecular flexibility index (Phi) is 11.5. The van der Waals surface area contributed by atoms with Crippen molar-refractivity contribution in [2.75, 3.05) is 19.7 Å². The van der Waals surface area contributed by atoms with E-state index in [9.17, 15) is 24.0 Å². The summed E-state index contributed by atoms with van der Waals surface area (Å²) in [6.45, 7) is 5.29. The van der Waals surface area contributed by atoms with Crippen LogP contribution in [0.3, 0.4) is 0 Å². The highest BCUT2D eigenvalue weighted by molar-refractivity contribution is 6.38. The summed E-state index contributed by atoms with van der Waals surface area (Å²) < 4.78 is 10.4. The van der Waals surface area contributed by atoms with Gasteiger partial charge in [0.2, 0.25) is 11.7 Å². The predicted octanol–water partition coefficient (Wildman–Crippen LogP) is 2.90. The zero-order valence-electron chi connectivity index (χ0n) is 22.6. The highest BCUT2D eigenvalue weighted by Gasteiger charge is 2.43. The molecule has 10 heteroatoms. The van der Waals surface area contributed by atoms with E-state index in [1.807, 2.05) is 37.3 Å². The smallest absolute Gasteiger partial charge is 0.410 e. The van der Waals surface area contributed by atoms with Gasteiger partial charge in [0.25, 0.3) is 5.91 Å². The second kappa shape index (κ2) is 15.0. The normalized spacial score (nSPS) is 21.1. The van der Waals surface area contributed by atoms with Gasteiger partial charge >= 0.3 is 12.1 Å². The van der Waals surface area contributed by atoms with Crippen molar-refractivity contribution in [1.29, 1.82) is 0 Å². The first-order chi connectivity index (χ1) is 18.8. The first-order valence-electron chi connectivity index (χ1n) is 13.7. The molecule has 3 rings (SSSR count). The molecule has 1 saturated heterocycles. The van der Waals surface area contributed by atoms with Crippen LogP contribution in [0.4, 0.5) is 4.79 Å². The number of benzene rings is 1. The van der Waals surface area contributed by atoms with Crippen LogP contribution in [0.25, 0.3) is 0 Å². The van der Waals surface area contributed by atoms with Gasteiger partial charge in [0.15, 0.2) is 0 Å². The van der Waals surface area contributed by atoms with Gasteiger partial charge in [-0.05, 0) is 36.7 Å². The van der Waals surface area contributed by atoms with E-state index in [2.05, 4.69) is 17.2 Å². The Morgan fingerprint density at radius 1 is 1.08 bits per heavy atom. The van der Waals surface area contributed by atoms with E-state index in [4.69, 9.17) is 9.47 Å². The number of nitrogens with one attached hydrogen (secondary N) is 2. The van der Waals surface area contributed by atoms with E-state index in [0.29, 0.717) is 31.2 Å². The molecule has 0 aromatic heterocycles. The van der Waals surface area contributed by atoms with Crippen LogP contribution in [-0.2, 0) is 35.3 Å². The lowest BCUT2D eigenvalue weighted by Crippen LogP contribution is -2.59. The Morgan fingerprint density at radius 2 is 1.79 bits per heavy atom. The Morgan fingerprint density at radius 3 is 2.49 bits per heavy atom. The summed E-state index contributed by atoms with van der Waals surface area (Å²) in [4.78, 5) is 65.2. The fraction of sp³-hybridized carbons (Fsp3) is 0.552. The topological polar surface area (TPSA) is 131 Å². The van der Waals surface area contributed by atoms with Crippen LogP contribution in [0.1, 0.15) is 57.4 Å². The lowest BCUT2D eigenvalue weighted by molar-refractivity contribution is -0.145. The number of Topliss-reactive ketones (excluding diaryl/α,β-unsaturated/α-hetero) is 1. The molecule has 4 atom stereocenters. The van der Waals surface area contributed by atoms with Crippen molar-refractivity contribution in [3.63, 3.8) is 0 Å². The van der Waals surface area contributed by atoms with Gasteiger partial charge in [0.1, 0.15) is 25.8 Å². The molecule has 1 aliphatic heterocycles. The predicted molar refractivity (Wildman–Crippen MR) is 143 cm³/mol. The molecular formula is C29H39N3O7. The molecule has 3 amide bonds. The van der Waals surface area contributed by atoms with Crippen molar-refractivity contribution in [1.82, 2.24) is 15.5 Å². The van der Waals surface area contributed by atoms with Crippen LogP contribution in [0.15, 0.2) is 43.0 Å². The highest BCUT2D eigenvalue weighted by atomic mass is 16.6. The largest absolute Gasteiger partial charge is 0.460 e. The minimum atomic E-state index is -1.09. The number of likely N-dealkylation sites (tertiary alicyclic amines) is 1. The van der Waals surface area contributed by atoms with E-state index in [1.165, 1.54) is 11.0 Å². The average molecular weight is 542 g/mol. The molecule has 1 aromatic rings. The average Bonchev–Trinajstić information content (AvgIpc) is 2.96. The number of rotatable bonds is 12. The lowest BCUT2D eigenvalue weighted by Gasteiger charge is -2.45. The number of carbonyl (C=O) groups is 5. The van der Waals surface area contributed by atoms with E-state index in [-0.39, 0.29) is 19.6 Å². The third kappa shape index (κ3) is 8.66. The molecule has 0 spiro atoms. The molecule has 1 heterocycles. The number of nitrogens with zero attached hydrogens (tertiary/aromatic N) is 1. The number of ketones is 1. The van der Waals surface area contributed by atoms with Crippen molar-refractivity contribution in [2.45, 2.75) is 70.6 Å². The molecule has 2 fully saturated rings. The van der Waals surface area contributed by atoms with E-state index >= 15 is 0 Å². The third-order valence-electron chi connectivity index (χ3n) is 7.33. The summed E-state index contributed by atoms with van der Waals surface area (Å²) in [6.07, 6.45) is 6.22. The summed E-state index contributed by atoms with van der Waals surface area (Å²) in [5.41, 5.74) is 0.840. The minimum absolute atomic E-state index is 0.00924. The van der Waals surface area contributed by atoms with Crippen molar-refractivity contribution in [3.8, 4) is 0 Å². The Labute approximate surface area is 229 Å². The van der Waals surface area contributed by atoms with Crippen LogP contribution >= 0.6 is 0 Å². The van der Waals surface area contributed by atoms with Crippen LogP contribution in [0, 0.1) is 11.8 Å². The standard InChI is InChI=1S/C29H39N3O7/c1-3-10-23(26(34)28(36)30-17-25(33)38-15-4-2)31-27(35)24-16-21-13-8-9-14-22(21)18-32(24)29(37)39-19-20-11-6-5-7-12-20/h4-7,11-12,21-24H,2-3,8-10,13-19H2,1H3,(H,30,36)(H,31,35). The maximum Gasteiger partial charge on any atom is 0.410 e. The van der Waals surface area contributed by atoms with Crippen LogP contribution in [0.5, 0.6) is 0 Å². The number of carbonyl (C=O) groups excluding carboxylic acids is 5. The van der Waals surface area contributed by atoms with E-state index in [1.54, 1.807) is 0 Å². The molecular weight excluding hydrogens is 502 g/mol. The summed E-state index contributed by atoms with van der Waals surface area (Å²) in [5.74, 6) is -2.43. The molecule has 1 saturated carbocycles. The molecule has 2 aliphatic rings. The maximum absolute atomic E-state index is 13.5. The summed E-state index contributed by atoms with van der Waals surface area (Å²) in [7, 11) is 0. The number of piperidine rings is 1. The summed E-state index contributed by atoms with van der Waals surface area (Å²) in [5, 5.41) is 4.96. The fourth-order valence-electron chi connectivity index (χ4n) is 5.31. The Bertz CT molecular complexity index is 1030. The molecule has 212 valence electrons. The Balaban J connectivity index is 1.67. The number of hydrogen-bond acceptors (Lipinski definition) is 7. The van der Waals surface area contributed by atoms with Gasteiger partial charge in [0, 0.05) is 6.54 Å². The number of ether oxygens (including phenoxy) is 2. The molecule has 0 radical (unpaired) electrons. The SMILES string of the molecule is C=CCOC(=O)CNC(=O)C(=O)C(CCC)NC(=O)C1CC2CCCCC2CN1C(=O)OCc1ccccc1. The number of fused-ring (bicyclic) bond motifs is 1. The van der Waals surface area contributed by atoms with E-state index in [0.717, 1.165) is 31.2 Å². The summed E-state index contributed by atoms with van der Waals surface area (Å²) >= 11 is 0. The fourth-order valence-corrected chi connectivity index (χ4v) is 5.31. The van der Waals surface area contributed by atoms with Crippen molar-refractivity contribution >= 4 is 29.7 Å². The molecule has 1 aromatic carbocycles. The van der Waals surface area contributed by atoms with Crippen molar-refractivity contribution < 1.29 is 33.4 Å². The third-order valence-corrected chi connectivity index (χ3v) is 7.33. The quantitative estimate of drug-likeness (QED) is 0.236.